The Balaban J connectivity index is 1.91. The molecule has 0 saturated heterocycles. The van der Waals surface area contributed by atoms with Crippen molar-refractivity contribution in [3.8, 4) is 0 Å². The molecule has 2 aromatic carbocycles. The molecule has 0 atom stereocenters. The molecule has 28 heavy (non-hydrogen) atoms. The number of esters is 1. The largest absolute Gasteiger partial charge is 0.466 e. The lowest BCUT2D eigenvalue weighted by molar-refractivity contribution is -0.143. The second kappa shape index (κ2) is 10.8. The number of hydrogen-bond donors (Lipinski definition) is 1. The average molecular weight is 421 g/mol. The van der Waals surface area contributed by atoms with Gasteiger partial charge in [0.15, 0.2) is 0 Å². The molecular weight excluding hydrogens is 399 g/mol. The van der Waals surface area contributed by atoms with Crippen LogP contribution >= 0.6 is 23.2 Å². The first-order valence-corrected chi connectivity index (χ1v) is 9.71. The Kier molecular flexibility index (Phi) is 8.48. The van der Waals surface area contributed by atoms with E-state index in [-0.39, 0.29) is 11.0 Å². The van der Waals surface area contributed by atoms with E-state index in [1.165, 1.54) is 6.07 Å². The van der Waals surface area contributed by atoms with Gasteiger partial charge in [0.25, 0.3) is 5.91 Å². The molecule has 0 spiro atoms. The summed E-state index contributed by atoms with van der Waals surface area (Å²) in [6.45, 7) is 4.01. The van der Waals surface area contributed by atoms with Gasteiger partial charge in [-0.3, -0.25) is 9.59 Å². The van der Waals surface area contributed by atoms with Crippen LogP contribution in [0.3, 0.4) is 0 Å². The molecule has 1 amide bonds. The Morgan fingerprint density at radius 3 is 2.46 bits per heavy atom. The second-order valence-electron chi connectivity index (χ2n) is 6.12. The van der Waals surface area contributed by atoms with Crippen molar-refractivity contribution in [1.82, 2.24) is 5.43 Å². The van der Waals surface area contributed by atoms with Crippen molar-refractivity contribution >= 4 is 40.8 Å². The topological polar surface area (TPSA) is 67.8 Å². The fraction of sp³-hybridized carbons (Fsp3) is 0.286. The van der Waals surface area contributed by atoms with Crippen molar-refractivity contribution in [3.63, 3.8) is 0 Å². The van der Waals surface area contributed by atoms with Gasteiger partial charge in [-0.1, -0.05) is 47.5 Å². The number of halogens is 2. The summed E-state index contributed by atoms with van der Waals surface area (Å²) in [6, 6.07) is 12.5. The van der Waals surface area contributed by atoms with Gasteiger partial charge in [-0.25, -0.2) is 5.43 Å². The number of carbonyl (C=O) groups is 2. The molecule has 0 aromatic heterocycles. The lowest BCUT2D eigenvalue weighted by Gasteiger charge is -2.06. The highest BCUT2D eigenvalue weighted by Gasteiger charge is 2.10. The number of hydrogen-bond acceptors (Lipinski definition) is 4. The van der Waals surface area contributed by atoms with Gasteiger partial charge in [-0.2, -0.15) is 5.10 Å². The maximum absolute atomic E-state index is 12.2. The Hall–Kier alpha value is -2.37. The van der Waals surface area contributed by atoms with Crippen LogP contribution in [-0.4, -0.2) is 24.2 Å². The van der Waals surface area contributed by atoms with Crippen molar-refractivity contribution in [2.24, 2.45) is 5.10 Å². The van der Waals surface area contributed by atoms with Gasteiger partial charge in [-0.15, -0.1) is 0 Å². The van der Waals surface area contributed by atoms with Crippen LogP contribution in [0.4, 0.5) is 0 Å². The second-order valence-corrected chi connectivity index (χ2v) is 6.96. The molecule has 5 nitrogen and oxygen atoms in total. The minimum absolute atomic E-state index is 0.168. The summed E-state index contributed by atoms with van der Waals surface area (Å²) in [6.07, 6.45) is 1.94. The Labute approximate surface area is 174 Å². The summed E-state index contributed by atoms with van der Waals surface area (Å²) in [4.78, 5) is 23.6. The summed E-state index contributed by atoms with van der Waals surface area (Å²) < 4.78 is 4.92. The maximum atomic E-state index is 12.2. The molecule has 0 radical (unpaired) electrons. The van der Waals surface area contributed by atoms with E-state index in [0.717, 1.165) is 24.0 Å². The summed E-state index contributed by atoms with van der Waals surface area (Å²) in [5.74, 6) is -0.574. The zero-order valence-corrected chi connectivity index (χ0v) is 17.3. The lowest BCUT2D eigenvalue weighted by Crippen LogP contribution is -2.19. The van der Waals surface area contributed by atoms with Crippen molar-refractivity contribution in [2.75, 3.05) is 6.61 Å². The van der Waals surface area contributed by atoms with Gasteiger partial charge in [0, 0.05) is 11.4 Å². The predicted octanol–water partition coefficient (Wildman–Crippen LogP) is 5.03. The summed E-state index contributed by atoms with van der Waals surface area (Å²) in [7, 11) is 0. The molecule has 0 bridgehead atoms. The van der Waals surface area contributed by atoms with Crippen LogP contribution in [0.2, 0.25) is 10.0 Å². The van der Waals surface area contributed by atoms with Crippen LogP contribution < -0.4 is 5.43 Å². The summed E-state index contributed by atoms with van der Waals surface area (Å²) in [5.41, 5.74) is 5.48. The molecule has 7 heteroatoms. The Bertz CT molecular complexity index is 864. The zero-order valence-electron chi connectivity index (χ0n) is 15.8. The van der Waals surface area contributed by atoms with Gasteiger partial charge in [0.1, 0.15) is 0 Å². The number of ether oxygens (including phenoxy) is 1. The average Bonchev–Trinajstić information content (AvgIpc) is 2.66. The number of rotatable bonds is 8. The number of benzene rings is 2. The molecule has 1 N–H and O–H groups in total. The molecule has 0 heterocycles. The zero-order chi connectivity index (χ0) is 20.5. The Morgan fingerprint density at radius 1 is 1.11 bits per heavy atom. The van der Waals surface area contributed by atoms with Gasteiger partial charge in [0.2, 0.25) is 0 Å². The highest BCUT2D eigenvalue weighted by atomic mass is 35.5. The molecule has 0 aliphatic heterocycles. The lowest BCUT2D eigenvalue weighted by atomic mass is 10.0. The third-order valence-electron chi connectivity index (χ3n) is 4.02. The monoisotopic (exact) mass is 420 g/mol. The fourth-order valence-corrected chi connectivity index (χ4v) is 3.01. The quantitative estimate of drug-likeness (QED) is 0.369. The first-order valence-electron chi connectivity index (χ1n) is 8.95. The number of hydrazone groups is 1. The van der Waals surface area contributed by atoms with Crippen molar-refractivity contribution in [3.05, 3.63) is 69.2 Å². The highest BCUT2D eigenvalue weighted by molar-refractivity contribution is 6.36. The molecule has 0 saturated carbocycles. The van der Waals surface area contributed by atoms with E-state index in [1.54, 1.807) is 26.0 Å². The van der Waals surface area contributed by atoms with Gasteiger partial charge < -0.3 is 4.74 Å². The molecule has 0 aliphatic rings. The molecule has 0 unspecified atom stereocenters. The van der Waals surface area contributed by atoms with Gasteiger partial charge in [0.05, 0.1) is 22.9 Å². The van der Waals surface area contributed by atoms with Crippen LogP contribution in [0.1, 0.15) is 48.2 Å². The first kappa shape index (κ1) is 21.9. The van der Waals surface area contributed by atoms with E-state index in [0.29, 0.717) is 29.3 Å². The third kappa shape index (κ3) is 6.66. The Morgan fingerprint density at radius 2 is 1.82 bits per heavy atom. The summed E-state index contributed by atoms with van der Waals surface area (Å²) >= 11 is 11.9. The van der Waals surface area contributed by atoms with Crippen LogP contribution in [0.25, 0.3) is 0 Å². The van der Waals surface area contributed by atoms with E-state index < -0.39 is 5.91 Å². The highest BCUT2D eigenvalue weighted by Crippen LogP contribution is 2.20. The van der Waals surface area contributed by atoms with Gasteiger partial charge in [-0.05, 0) is 56.0 Å². The van der Waals surface area contributed by atoms with Crippen molar-refractivity contribution < 1.29 is 14.3 Å². The van der Waals surface area contributed by atoms with E-state index in [1.807, 2.05) is 24.3 Å². The van der Waals surface area contributed by atoms with Crippen LogP contribution in [0.15, 0.2) is 47.6 Å². The van der Waals surface area contributed by atoms with E-state index in [4.69, 9.17) is 27.9 Å². The number of nitrogens with zero attached hydrogens (tertiary/aromatic N) is 1. The minimum atomic E-state index is -0.406. The number of carbonyl (C=O) groups excluding carboxylic acids is 2. The van der Waals surface area contributed by atoms with Crippen LogP contribution in [0.5, 0.6) is 0 Å². The maximum Gasteiger partial charge on any atom is 0.305 e. The number of aryl methyl sites for hydroxylation is 1. The van der Waals surface area contributed by atoms with Crippen LogP contribution in [-0.2, 0) is 16.0 Å². The molecular formula is C21H22Cl2N2O3. The standard InChI is InChI=1S/C21H22Cl2N2O3/c1-3-28-20(26)6-4-5-15-7-9-16(10-8-15)14(2)24-25-21(27)18-12-11-17(22)13-19(18)23/h7-13H,3-6H2,1-2H3,(H,25,27)/b24-14-. The third-order valence-corrected chi connectivity index (χ3v) is 4.57. The number of amides is 1. The van der Waals surface area contributed by atoms with Crippen molar-refractivity contribution in [1.29, 1.82) is 0 Å². The van der Waals surface area contributed by atoms with Crippen LogP contribution in [0, 0.1) is 0 Å². The molecule has 0 aliphatic carbocycles. The minimum Gasteiger partial charge on any atom is -0.466 e. The van der Waals surface area contributed by atoms with Crippen molar-refractivity contribution in [2.45, 2.75) is 33.1 Å². The molecule has 2 rings (SSSR count). The molecule has 148 valence electrons. The van der Waals surface area contributed by atoms with E-state index in [2.05, 4.69) is 10.5 Å². The molecule has 0 fully saturated rings. The number of nitrogens with one attached hydrogen (secondary N) is 1. The summed E-state index contributed by atoms with van der Waals surface area (Å²) in [5, 5.41) is 4.86. The van der Waals surface area contributed by atoms with Gasteiger partial charge >= 0.3 is 5.97 Å². The normalized spacial score (nSPS) is 11.2. The predicted molar refractivity (Wildman–Crippen MR) is 112 cm³/mol. The van der Waals surface area contributed by atoms with E-state index >= 15 is 0 Å². The smallest absolute Gasteiger partial charge is 0.305 e. The van der Waals surface area contributed by atoms with E-state index in [9.17, 15) is 9.59 Å². The molecule has 2 aromatic rings. The fourth-order valence-electron chi connectivity index (χ4n) is 2.52. The first-order chi connectivity index (χ1) is 13.4. The SMILES string of the molecule is CCOC(=O)CCCc1ccc(/C(C)=N\NC(=O)c2ccc(Cl)cc2Cl)cc1.